The molecule has 0 saturated heterocycles. The predicted molar refractivity (Wildman–Crippen MR) is 87.1 cm³/mol. The molecule has 108 valence electrons. The first-order chi connectivity index (χ1) is 9.20. The largest absolute Gasteiger partial charge is 0.399 e. The number of hydrogen-bond donors (Lipinski definition) is 4. The maximum absolute atomic E-state index is 9.08. The van der Waals surface area contributed by atoms with Crippen molar-refractivity contribution in [2.75, 3.05) is 23.4 Å². The summed E-state index contributed by atoms with van der Waals surface area (Å²) in [6.07, 6.45) is 0.581. The molecule has 0 fully saturated rings. The second-order valence-electron chi connectivity index (χ2n) is 4.44. The summed E-state index contributed by atoms with van der Waals surface area (Å²) in [5.74, 6) is 0. The van der Waals surface area contributed by atoms with E-state index in [1.165, 1.54) is 0 Å². The van der Waals surface area contributed by atoms with E-state index in [9.17, 15) is 0 Å². The fourth-order valence-electron chi connectivity index (χ4n) is 2.00. The van der Waals surface area contributed by atoms with E-state index < -0.39 is 0 Å². The number of anilines is 3. The van der Waals surface area contributed by atoms with Gasteiger partial charge in [0.1, 0.15) is 0 Å². The van der Waals surface area contributed by atoms with Gasteiger partial charge in [-0.05, 0) is 41.8 Å². The molecule has 0 aliphatic rings. The van der Waals surface area contributed by atoms with Crippen molar-refractivity contribution in [3.05, 3.63) is 53.6 Å². The third-order valence-corrected chi connectivity index (χ3v) is 3.03. The molecular formula is C15H20ClN3O. The lowest BCUT2D eigenvalue weighted by Gasteiger charge is -2.13. The number of benzene rings is 2. The number of nitrogens with two attached hydrogens (primary N) is 2. The summed E-state index contributed by atoms with van der Waals surface area (Å²) in [5, 5.41) is 12.4. The van der Waals surface area contributed by atoms with Gasteiger partial charge in [-0.25, -0.2) is 0 Å². The molecule has 0 aliphatic carbocycles. The number of aliphatic hydroxyl groups is 1. The SMILES string of the molecule is Cl.Nc1ccc(NCc2ccccc2N)c(CCO)c1. The van der Waals surface area contributed by atoms with Gasteiger partial charge in [-0.3, -0.25) is 0 Å². The van der Waals surface area contributed by atoms with Gasteiger partial charge in [0.25, 0.3) is 0 Å². The minimum Gasteiger partial charge on any atom is -0.399 e. The number of hydrogen-bond acceptors (Lipinski definition) is 4. The van der Waals surface area contributed by atoms with Gasteiger partial charge in [-0.15, -0.1) is 12.4 Å². The van der Waals surface area contributed by atoms with Gasteiger partial charge in [0.15, 0.2) is 0 Å². The quantitative estimate of drug-likeness (QED) is 0.638. The van der Waals surface area contributed by atoms with Gasteiger partial charge >= 0.3 is 0 Å². The zero-order chi connectivity index (χ0) is 13.7. The first-order valence-electron chi connectivity index (χ1n) is 6.27. The van der Waals surface area contributed by atoms with E-state index >= 15 is 0 Å². The number of nitrogens with one attached hydrogen (secondary N) is 1. The Bertz CT molecular complexity index is 561. The van der Waals surface area contributed by atoms with Gasteiger partial charge in [-0.1, -0.05) is 18.2 Å². The fraction of sp³-hybridized carbons (Fsp3) is 0.200. The first kappa shape index (κ1) is 16.1. The highest BCUT2D eigenvalue weighted by molar-refractivity contribution is 5.85. The normalized spacial score (nSPS) is 9.85. The summed E-state index contributed by atoms with van der Waals surface area (Å²) in [6.45, 7) is 0.751. The molecule has 0 heterocycles. The maximum atomic E-state index is 9.08. The van der Waals surface area contributed by atoms with Crippen LogP contribution in [0.25, 0.3) is 0 Å². The van der Waals surface area contributed by atoms with Crippen LogP contribution in [0.15, 0.2) is 42.5 Å². The van der Waals surface area contributed by atoms with Gasteiger partial charge in [0.05, 0.1) is 0 Å². The zero-order valence-corrected chi connectivity index (χ0v) is 12.0. The monoisotopic (exact) mass is 293 g/mol. The molecule has 5 heteroatoms. The Kier molecular flexibility index (Phi) is 6.15. The molecule has 0 spiro atoms. The lowest BCUT2D eigenvalue weighted by Crippen LogP contribution is -2.06. The lowest BCUT2D eigenvalue weighted by atomic mass is 10.1. The Labute approximate surface area is 125 Å². The minimum atomic E-state index is 0. The van der Waals surface area contributed by atoms with Gasteiger partial charge in [0.2, 0.25) is 0 Å². The van der Waals surface area contributed by atoms with Crippen molar-refractivity contribution >= 4 is 29.5 Å². The van der Waals surface area contributed by atoms with Crippen LogP contribution in [0.1, 0.15) is 11.1 Å². The number of nitrogen functional groups attached to an aromatic ring is 2. The highest BCUT2D eigenvalue weighted by Gasteiger charge is 2.04. The van der Waals surface area contributed by atoms with Crippen molar-refractivity contribution in [3.8, 4) is 0 Å². The molecule has 6 N–H and O–H groups in total. The molecular weight excluding hydrogens is 274 g/mol. The van der Waals surface area contributed by atoms with E-state index in [0.29, 0.717) is 18.7 Å². The Morgan fingerprint density at radius 3 is 2.45 bits per heavy atom. The number of halogens is 1. The van der Waals surface area contributed by atoms with Gasteiger partial charge in [-0.2, -0.15) is 0 Å². The Morgan fingerprint density at radius 1 is 1.00 bits per heavy atom. The van der Waals surface area contributed by atoms with E-state index in [-0.39, 0.29) is 19.0 Å². The molecule has 2 aromatic carbocycles. The van der Waals surface area contributed by atoms with Crippen LogP contribution in [0.4, 0.5) is 17.1 Å². The van der Waals surface area contributed by atoms with Crippen molar-refractivity contribution in [2.24, 2.45) is 0 Å². The summed E-state index contributed by atoms with van der Waals surface area (Å²) in [6, 6.07) is 13.4. The highest BCUT2D eigenvalue weighted by Crippen LogP contribution is 2.21. The third kappa shape index (κ3) is 4.05. The second kappa shape index (κ2) is 7.62. The molecule has 0 unspecified atom stereocenters. The van der Waals surface area contributed by atoms with Crippen LogP contribution >= 0.6 is 12.4 Å². The van der Waals surface area contributed by atoms with Crippen LogP contribution in [0.2, 0.25) is 0 Å². The average Bonchev–Trinajstić information content (AvgIpc) is 2.40. The van der Waals surface area contributed by atoms with E-state index in [1.54, 1.807) is 0 Å². The zero-order valence-electron chi connectivity index (χ0n) is 11.2. The molecule has 4 nitrogen and oxygen atoms in total. The molecule has 0 atom stereocenters. The number of rotatable bonds is 5. The van der Waals surface area contributed by atoms with Crippen LogP contribution in [0.5, 0.6) is 0 Å². The molecule has 0 amide bonds. The Morgan fingerprint density at radius 2 is 1.75 bits per heavy atom. The van der Waals surface area contributed by atoms with Crippen LogP contribution in [-0.4, -0.2) is 11.7 Å². The molecule has 0 aliphatic heterocycles. The molecule has 0 bridgehead atoms. The van der Waals surface area contributed by atoms with E-state index in [2.05, 4.69) is 5.32 Å². The summed E-state index contributed by atoms with van der Waals surface area (Å²) in [5.41, 5.74) is 16.2. The summed E-state index contributed by atoms with van der Waals surface area (Å²) >= 11 is 0. The topological polar surface area (TPSA) is 84.3 Å². The van der Waals surface area contributed by atoms with E-state index in [0.717, 1.165) is 22.5 Å². The van der Waals surface area contributed by atoms with Crippen molar-refractivity contribution in [3.63, 3.8) is 0 Å². The predicted octanol–water partition coefficient (Wildman–Crippen LogP) is 2.42. The minimum absolute atomic E-state index is 0. The smallest absolute Gasteiger partial charge is 0.0472 e. The highest BCUT2D eigenvalue weighted by atomic mass is 35.5. The second-order valence-corrected chi connectivity index (χ2v) is 4.44. The molecule has 0 aromatic heterocycles. The Hall–Kier alpha value is -1.91. The number of aliphatic hydroxyl groups excluding tert-OH is 1. The lowest BCUT2D eigenvalue weighted by molar-refractivity contribution is 0.300. The van der Waals surface area contributed by atoms with E-state index in [4.69, 9.17) is 16.6 Å². The van der Waals surface area contributed by atoms with Crippen molar-refractivity contribution < 1.29 is 5.11 Å². The van der Waals surface area contributed by atoms with Crippen LogP contribution < -0.4 is 16.8 Å². The Balaban J connectivity index is 0.00000200. The number of para-hydroxylation sites is 1. The van der Waals surface area contributed by atoms with Crippen molar-refractivity contribution in [2.45, 2.75) is 13.0 Å². The molecule has 2 aromatic rings. The van der Waals surface area contributed by atoms with Crippen LogP contribution in [0, 0.1) is 0 Å². The third-order valence-electron chi connectivity index (χ3n) is 3.03. The van der Waals surface area contributed by atoms with Crippen molar-refractivity contribution in [1.82, 2.24) is 0 Å². The standard InChI is InChI=1S/C15H19N3O.ClH/c16-13-5-6-15(11(9-13)7-8-19)18-10-12-3-1-2-4-14(12)17;/h1-6,9,18-19H,7-8,10,16-17H2;1H. The maximum Gasteiger partial charge on any atom is 0.0472 e. The average molecular weight is 294 g/mol. The van der Waals surface area contributed by atoms with E-state index in [1.807, 2.05) is 42.5 Å². The first-order valence-corrected chi connectivity index (χ1v) is 6.27. The summed E-state index contributed by atoms with van der Waals surface area (Å²) in [4.78, 5) is 0. The molecule has 20 heavy (non-hydrogen) atoms. The summed E-state index contributed by atoms with van der Waals surface area (Å²) in [7, 11) is 0. The van der Waals surface area contributed by atoms with Crippen LogP contribution in [-0.2, 0) is 13.0 Å². The summed E-state index contributed by atoms with van der Waals surface area (Å²) < 4.78 is 0. The molecule has 2 rings (SSSR count). The molecule has 0 saturated carbocycles. The van der Waals surface area contributed by atoms with Gasteiger partial charge in [0, 0.05) is 30.2 Å². The fourth-order valence-corrected chi connectivity index (χ4v) is 2.00. The van der Waals surface area contributed by atoms with Gasteiger partial charge < -0.3 is 21.9 Å². The van der Waals surface area contributed by atoms with Crippen LogP contribution in [0.3, 0.4) is 0 Å². The molecule has 0 radical (unpaired) electrons. The van der Waals surface area contributed by atoms with Crippen molar-refractivity contribution in [1.29, 1.82) is 0 Å².